The number of alkyl halides is 6. The molecule has 1 rings (SSSR count). The molecule has 0 saturated heterocycles. The van der Waals surface area contributed by atoms with Crippen LogP contribution in [0.3, 0.4) is 0 Å². The van der Waals surface area contributed by atoms with Crippen molar-refractivity contribution < 1.29 is 31.4 Å². The van der Waals surface area contributed by atoms with Crippen LogP contribution in [0.25, 0.3) is 0 Å². The molecule has 22 heavy (non-hydrogen) atoms. The third-order valence-electron chi connectivity index (χ3n) is 3.31. The largest absolute Gasteiger partial charge is 0.416 e. The Morgan fingerprint density at radius 3 is 2.14 bits per heavy atom. The number of nitrogens with two attached hydrogens (primary N) is 1. The lowest BCUT2D eigenvalue weighted by Gasteiger charge is -2.24. The normalized spacial score (nSPS) is 15.7. The molecule has 0 heterocycles. The summed E-state index contributed by atoms with van der Waals surface area (Å²) in [7, 11) is 0. The minimum atomic E-state index is -4.85. The average molecular weight is 329 g/mol. The molecule has 0 radical (unpaired) electrons. The van der Waals surface area contributed by atoms with Crippen LogP contribution in [0, 0.1) is 0 Å². The minimum absolute atomic E-state index is 0.116. The molecule has 126 valence electrons. The van der Waals surface area contributed by atoms with Gasteiger partial charge in [0.15, 0.2) is 0 Å². The van der Waals surface area contributed by atoms with Gasteiger partial charge in [-0.15, -0.1) is 0 Å². The van der Waals surface area contributed by atoms with Crippen molar-refractivity contribution in [2.75, 3.05) is 0 Å². The maximum Gasteiger partial charge on any atom is 0.416 e. The minimum Gasteiger partial charge on any atom is -0.391 e. The molecule has 0 aromatic heterocycles. The SMILES string of the molecule is CCCC[C@H](O)[C@H](N)c1cc(C(F)(F)F)ccc1C(F)(F)F. The van der Waals surface area contributed by atoms with Gasteiger partial charge in [0.1, 0.15) is 0 Å². The molecule has 1 aromatic rings. The van der Waals surface area contributed by atoms with E-state index in [0.717, 1.165) is 0 Å². The summed E-state index contributed by atoms with van der Waals surface area (Å²) < 4.78 is 76.8. The Balaban J connectivity index is 3.28. The number of rotatable bonds is 5. The Bertz CT molecular complexity index is 497. The topological polar surface area (TPSA) is 46.2 Å². The number of benzene rings is 1. The zero-order chi connectivity index (χ0) is 17.1. The predicted molar refractivity (Wildman–Crippen MR) is 68.9 cm³/mol. The average Bonchev–Trinajstić information content (AvgIpc) is 2.41. The number of aliphatic hydroxyl groups is 1. The molecule has 1 aromatic carbocycles. The molecular weight excluding hydrogens is 312 g/mol. The van der Waals surface area contributed by atoms with E-state index in [0.29, 0.717) is 31.0 Å². The smallest absolute Gasteiger partial charge is 0.391 e. The highest BCUT2D eigenvalue weighted by Gasteiger charge is 2.39. The quantitative estimate of drug-likeness (QED) is 0.792. The monoisotopic (exact) mass is 329 g/mol. The van der Waals surface area contributed by atoms with Crippen molar-refractivity contribution in [3.8, 4) is 0 Å². The molecule has 8 heteroatoms. The van der Waals surface area contributed by atoms with Gasteiger partial charge >= 0.3 is 12.4 Å². The van der Waals surface area contributed by atoms with Gasteiger partial charge in [-0.05, 0) is 30.2 Å². The second kappa shape index (κ2) is 6.87. The molecule has 3 N–H and O–H groups in total. The van der Waals surface area contributed by atoms with Gasteiger partial charge in [0.05, 0.1) is 23.3 Å². The van der Waals surface area contributed by atoms with E-state index in [4.69, 9.17) is 5.73 Å². The molecule has 2 nitrogen and oxygen atoms in total. The lowest BCUT2D eigenvalue weighted by Crippen LogP contribution is -2.29. The van der Waals surface area contributed by atoms with Gasteiger partial charge in [0, 0.05) is 0 Å². The third-order valence-corrected chi connectivity index (χ3v) is 3.31. The fourth-order valence-corrected chi connectivity index (χ4v) is 2.07. The van der Waals surface area contributed by atoms with E-state index in [1.165, 1.54) is 0 Å². The van der Waals surface area contributed by atoms with E-state index < -0.39 is 41.2 Å². The second-order valence-corrected chi connectivity index (χ2v) is 5.03. The summed E-state index contributed by atoms with van der Waals surface area (Å²) in [5.74, 6) is 0. The zero-order valence-corrected chi connectivity index (χ0v) is 11.8. The van der Waals surface area contributed by atoms with Crippen LogP contribution in [-0.2, 0) is 12.4 Å². The van der Waals surface area contributed by atoms with Gasteiger partial charge in [-0.25, -0.2) is 0 Å². The van der Waals surface area contributed by atoms with E-state index in [1.807, 2.05) is 6.92 Å². The first-order chi connectivity index (χ1) is 9.98. The number of unbranched alkanes of at least 4 members (excludes halogenated alkanes) is 1. The van der Waals surface area contributed by atoms with Gasteiger partial charge in [0.25, 0.3) is 0 Å². The number of hydrogen-bond acceptors (Lipinski definition) is 2. The molecule has 0 saturated carbocycles. The van der Waals surface area contributed by atoms with Crippen LogP contribution in [0.15, 0.2) is 18.2 Å². The van der Waals surface area contributed by atoms with Crippen molar-refractivity contribution in [1.82, 2.24) is 0 Å². The van der Waals surface area contributed by atoms with Crippen LogP contribution in [0.2, 0.25) is 0 Å². The Hall–Kier alpha value is -1.28. The van der Waals surface area contributed by atoms with Gasteiger partial charge in [-0.2, -0.15) is 26.3 Å². The van der Waals surface area contributed by atoms with E-state index in [9.17, 15) is 31.4 Å². The number of aliphatic hydroxyl groups excluding tert-OH is 1. The van der Waals surface area contributed by atoms with Crippen LogP contribution in [0.4, 0.5) is 26.3 Å². The summed E-state index contributed by atoms with van der Waals surface area (Å²) in [5.41, 5.74) is 2.34. The van der Waals surface area contributed by atoms with Crippen molar-refractivity contribution in [2.45, 2.75) is 50.7 Å². The van der Waals surface area contributed by atoms with Gasteiger partial charge < -0.3 is 10.8 Å². The Kier molecular flexibility index (Phi) is 5.86. The maximum atomic E-state index is 12.9. The van der Waals surface area contributed by atoms with Crippen molar-refractivity contribution in [3.63, 3.8) is 0 Å². The summed E-state index contributed by atoms with van der Waals surface area (Å²) in [5, 5.41) is 9.81. The summed E-state index contributed by atoms with van der Waals surface area (Å²) in [6, 6.07) is -0.463. The Morgan fingerprint density at radius 2 is 1.68 bits per heavy atom. The molecule has 0 fully saturated rings. The highest BCUT2D eigenvalue weighted by atomic mass is 19.4. The van der Waals surface area contributed by atoms with Crippen molar-refractivity contribution in [1.29, 1.82) is 0 Å². The number of halogens is 6. The second-order valence-electron chi connectivity index (χ2n) is 5.03. The summed E-state index contributed by atoms with van der Waals surface area (Å²) >= 11 is 0. The molecule has 0 spiro atoms. The van der Waals surface area contributed by atoms with Crippen LogP contribution >= 0.6 is 0 Å². The van der Waals surface area contributed by atoms with E-state index in [-0.39, 0.29) is 6.42 Å². The number of hydrogen-bond donors (Lipinski definition) is 2. The summed E-state index contributed by atoms with van der Waals surface area (Å²) in [6.07, 6.45) is -9.67. The molecule has 2 atom stereocenters. The predicted octanol–water partition coefficient (Wildman–Crippen LogP) is 4.28. The molecule has 0 unspecified atom stereocenters. The summed E-state index contributed by atoms with van der Waals surface area (Å²) in [4.78, 5) is 0. The van der Waals surface area contributed by atoms with Crippen LogP contribution in [0.1, 0.15) is 48.9 Å². The first kappa shape index (κ1) is 18.8. The fourth-order valence-electron chi connectivity index (χ4n) is 2.07. The molecule has 0 aliphatic heterocycles. The third kappa shape index (κ3) is 4.61. The van der Waals surface area contributed by atoms with Crippen molar-refractivity contribution in [3.05, 3.63) is 34.9 Å². The van der Waals surface area contributed by atoms with E-state index in [2.05, 4.69) is 0 Å². The molecule has 0 bridgehead atoms. The van der Waals surface area contributed by atoms with E-state index in [1.54, 1.807) is 0 Å². The molecule has 0 aliphatic rings. The zero-order valence-electron chi connectivity index (χ0n) is 11.8. The summed E-state index contributed by atoms with van der Waals surface area (Å²) in [6.45, 7) is 1.81. The molecular formula is C14H17F6NO. The Labute approximate surface area is 123 Å². The van der Waals surface area contributed by atoms with Crippen LogP contribution < -0.4 is 5.73 Å². The van der Waals surface area contributed by atoms with Gasteiger partial charge in [-0.1, -0.05) is 19.8 Å². The van der Waals surface area contributed by atoms with E-state index >= 15 is 0 Å². The maximum absolute atomic E-state index is 12.9. The molecule has 0 aliphatic carbocycles. The standard InChI is InChI=1S/C14H17F6NO/c1-2-3-4-11(22)12(21)9-7-8(13(15,16)17)5-6-10(9)14(18,19)20/h5-7,11-12,22H,2-4,21H2,1H3/t11-,12+/m0/s1. The molecule has 0 amide bonds. The first-order valence-electron chi connectivity index (χ1n) is 6.70. The lowest BCUT2D eigenvalue weighted by molar-refractivity contribution is -0.142. The van der Waals surface area contributed by atoms with Gasteiger partial charge in [0.2, 0.25) is 0 Å². The highest BCUT2D eigenvalue weighted by Crippen LogP contribution is 2.39. The van der Waals surface area contributed by atoms with Crippen molar-refractivity contribution >= 4 is 0 Å². The fraction of sp³-hybridized carbons (Fsp3) is 0.571. The Morgan fingerprint density at radius 1 is 1.09 bits per heavy atom. The van der Waals surface area contributed by atoms with Gasteiger partial charge in [-0.3, -0.25) is 0 Å². The van der Waals surface area contributed by atoms with Crippen LogP contribution in [0.5, 0.6) is 0 Å². The van der Waals surface area contributed by atoms with Crippen molar-refractivity contribution in [2.24, 2.45) is 5.73 Å². The highest BCUT2D eigenvalue weighted by molar-refractivity contribution is 5.38. The first-order valence-corrected chi connectivity index (χ1v) is 6.70. The lowest BCUT2D eigenvalue weighted by atomic mass is 9.92. The van der Waals surface area contributed by atoms with Crippen LogP contribution in [-0.4, -0.2) is 11.2 Å².